The van der Waals surface area contributed by atoms with Gasteiger partial charge in [-0.2, -0.15) is 13.8 Å². The summed E-state index contributed by atoms with van der Waals surface area (Å²) in [6.07, 6.45) is 0. The minimum Gasteiger partial charge on any atom is -0.363 e. The molecule has 0 aliphatic heterocycles. The molecule has 0 fully saturated rings. The fraction of sp³-hybridized carbons (Fsp3) is 0.353. The van der Waals surface area contributed by atoms with E-state index in [0.717, 1.165) is 11.8 Å². The molecule has 2 aromatic rings. The lowest BCUT2D eigenvalue weighted by molar-refractivity contribution is 0.0951. The van der Waals surface area contributed by atoms with Crippen LogP contribution in [0, 0.1) is 6.92 Å². The molecule has 1 aromatic carbocycles. The van der Waals surface area contributed by atoms with Gasteiger partial charge in [-0.1, -0.05) is 12.1 Å². The Bertz CT molecular complexity index is 952. The second-order valence-corrected chi connectivity index (χ2v) is 7.96. The van der Waals surface area contributed by atoms with Crippen LogP contribution in [0.2, 0.25) is 0 Å². The molecule has 152 valence electrons. The molecule has 2 N–H and O–H groups in total. The first-order valence-corrected chi connectivity index (χ1v) is 9.83. The van der Waals surface area contributed by atoms with Crippen LogP contribution < -0.4 is 15.5 Å². The van der Waals surface area contributed by atoms with E-state index >= 15 is 0 Å². The molecule has 11 heteroatoms. The van der Waals surface area contributed by atoms with Crippen LogP contribution in [0.3, 0.4) is 0 Å². The monoisotopic (exact) mass is 413 g/mol. The maximum atomic E-state index is 12.8. The van der Waals surface area contributed by atoms with Crippen molar-refractivity contribution in [3.8, 4) is 0 Å². The average Bonchev–Trinajstić information content (AvgIpc) is 2.64. The predicted octanol–water partition coefficient (Wildman–Crippen LogP) is 1.69. The molecule has 1 aromatic heterocycles. The van der Waals surface area contributed by atoms with Gasteiger partial charge in [-0.05, 0) is 19.1 Å². The number of carbonyl (C=O) groups excluding carboxylic acids is 1. The van der Waals surface area contributed by atoms with Gasteiger partial charge in [-0.15, -0.1) is 0 Å². The molecular formula is C17H21F2N5O3S. The second kappa shape index (κ2) is 8.91. The van der Waals surface area contributed by atoms with E-state index in [1.807, 2.05) is 32.0 Å². The van der Waals surface area contributed by atoms with Gasteiger partial charge in [0.2, 0.25) is 15.8 Å². The van der Waals surface area contributed by atoms with E-state index < -0.39 is 26.4 Å². The van der Waals surface area contributed by atoms with Crippen molar-refractivity contribution < 1.29 is 22.0 Å². The van der Waals surface area contributed by atoms with Crippen LogP contribution >= 0.6 is 0 Å². The van der Waals surface area contributed by atoms with E-state index in [-0.39, 0.29) is 18.7 Å². The number of aromatic nitrogens is 2. The molecule has 1 heterocycles. The van der Waals surface area contributed by atoms with Gasteiger partial charge in [0.15, 0.2) is 0 Å². The number of sulfone groups is 1. The van der Waals surface area contributed by atoms with E-state index in [9.17, 15) is 22.0 Å². The van der Waals surface area contributed by atoms with E-state index in [1.54, 1.807) is 0 Å². The molecule has 0 atom stereocenters. The summed E-state index contributed by atoms with van der Waals surface area (Å²) >= 11 is 0. The van der Waals surface area contributed by atoms with Gasteiger partial charge in [0, 0.05) is 38.9 Å². The van der Waals surface area contributed by atoms with Gasteiger partial charge in [0.05, 0.1) is 10.5 Å². The zero-order valence-electron chi connectivity index (χ0n) is 15.6. The second-order valence-electron chi connectivity index (χ2n) is 6.07. The van der Waals surface area contributed by atoms with Crippen LogP contribution in [0.15, 0.2) is 35.2 Å². The zero-order valence-corrected chi connectivity index (χ0v) is 16.4. The highest BCUT2D eigenvalue weighted by Crippen LogP contribution is 2.22. The highest BCUT2D eigenvalue weighted by Gasteiger charge is 2.30. The number of nitrogens with one attached hydrogen (secondary N) is 2. The number of carbonyl (C=O) groups is 1. The van der Waals surface area contributed by atoms with Crippen molar-refractivity contribution in [3.05, 3.63) is 41.6 Å². The number of rotatable bonds is 8. The first-order valence-electron chi connectivity index (χ1n) is 8.29. The van der Waals surface area contributed by atoms with Crippen molar-refractivity contribution in [2.24, 2.45) is 0 Å². The minimum absolute atomic E-state index is 0.108. The molecule has 0 aliphatic carbocycles. The lowest BCUT2D eigenvalue weighted by Gasteiger charge is -2.14. The Morgan fingerprint density at radius 2 is 1.86 bits per heavy atom. The third kappa shape index (κ3) is 5.12. The topological polar surface area (TPSA) is 104 Å². The summed E-state index contributed by atoms with van der Waals surface area (Å²) in [6.45, 7) is 2.18. The van der Waals surface area contributed by atoms with Crippen molar-refractivity contribution >= 4 is 27.5 Å². The Morgan fingerprint density at radius 3 is 2.50 bits per heavy atom. The average molecular weight is 413 g/mol. The van der Waals surface area contributed by atoms with Crippen molar-refractivity contribution in [3.63, 3.8) is 0 Å². The van der Waals surface area contributed by atoms with Crippen LogP contribution in [0.1, 0.15) is 16.1 Å². The molecule has 8 nitrogen and oxygen atoms in total. The number of anilines is 2. The Morgan fingerprint density at radius 1 is 1.18 bits per heavy atom. The lowest BCUT2D eigenvalue weighted by atomic mass is 10.2. The first-order chi connectivity index (χ1) is 13.1. The van der Waals surface area contributed by atoms with Crippen LogP contribution in [0.5, 0.6) is 0 Å². The highest BCUT2D eigenvalue weighted by molar-refractivity contribution is 7.91. The number of hydrogen-bond donors (Lipinski definition) is 2. The quantitative estimate of drug-likeness (QED) is 0.635. The van der Waals surface area contributed by atoms with E-state index in [4.69, 9.17) is 0 Å². The van der Waals surface area contributed by atoms with Gasteiger partial charge in [-0.25, -0.2) is 13.4 Å². The molecule has 0 saturated heterocycles. The minimum atomic E-state index is -4.88. The number of nitrogens with zero attached hydrogens (tertiary/aromatic N) is 3. The summed E-state index contributed by atoms with van der Waals surface area (Å²) in [5.74, 6) is -3.28. The van der Waals surface area contributed by atoms with Crippen LogP contribution in [-0.2, 0) is 9.84 Å². The van der Waals surface area contributed by atoms with Crippen LogP contribution in [0.4, 0.5) is 20.5 Å². The largest absolute Gasteiger partial charge is 0.363 e. The van der Waals surface area contributed by atoms with Gasteiger partial charge in [-0.3, -0.25) is 4.79 Å². The fourth-order valence-corrected chi connectivity index (χ4v) is 3.23. The molecule has 28 heavy (non-hydrogen) atoms. The standard InChI is InChI=1S/C17H21F2N5O3S/c1-11-10-14(24(2)3)23-17(22-11)21-9-8-20-15(25)12-6-4-5-7-13(12)28(26,27)16(18)19/h4-7,10,16H,8-9H2,1-3H3,(H,20,25)(H,21,22,23). The lowest BCUT2D eigenvalue weighted by Crippen LogP contribution is -2.30. The predicted molar refractivity (Wildman–Crippen MR) is 102 cm³/mol. The number of hydrogen-bond acceptors (Lipinski definition) is 7. The third-order valence-corrected chi connectivity index (χ3v) is 5.10. The van der Waals surface area contributed by atoms with Crippen LogP contribution in [0.25, 0.3) is 0 Å². The molecule has 0 saturated carbocycles. The molecule has 1 amide bonds. The molecule has 0 unspecified atom stereocenters. The van der Waals surface area contributed by atoms with E-state index in [0.29, 0.717) is 11.8 Å². The van der Waals surface area contributed by atoms with Crippen molar-refractivity contribution in [2.75, 3.05) is 37.4 Å². The van der Waals surface area contributed by atoms with Crippen LogP contribution in [-0.4, -0.2) is 57.2 Å². The van der Waals surface area contributed by atoms with Gasteiger partial charge >= 0.3 is 5.76 Å². The molecule has 0 aliphatic rings. The maximum absolute atomic E-state index is 12.8. The van der Waals surface area contributed by atoms with Gasteiger partial charge in [0.25, 0.3) is 5.91 Å². The van der Waals surface area contributed by atoms with E-state index in [1.165, 1.54) is 18.2 Å². The Kier molecular flexibility index (Phi) is 6.84. The summed E-state index contributed by atoms with van der Waals surface area (Å²) in [5, 5.41) is 5.44. The van der Waals surface area contributed by atoms with Gasteiger partial charge < -0.3 is 15.5 Å². The summed E-state index contributed by atoms with van der Waals surface area (Å²) in [5.41, 5.74) is 0.431. The SMILES string of the molecule is Cc1cc(N(C)C)nc(NCCNC(=O)c2ccccc2S(=O)(=O)C(F)F)n1. The Balaban J connectivity index is 2.01. The molecule has 0 bridgehead atoms. The maximum Gasteiger partial charge on any atom is 0.341 e. The molecule has 2 rings (SSSR count). The zero-order chi connectivity index (χ0) is 20.9. The van der Waals surface area contributed by atoms with Crippen molar-refractivity contribution in [1.82, 2.24) is 15.3 Å². The number of amides is 1. The Hall–Kier alpha value is -2.82. The molecule has 0 spiro atoms. The summed E-state index contributed by atoms with van der Waals surface area (Å²) < 4.78 is 49.1. The first kappa shape index (κ1) is 21.5. The normalized spacial score (nSPS) is 11.4. The Labute approximate surface area is 161 Å². The number of alkyl halides is 2. The van der Waals surface area contributed by atoms with E-state index in [2.05, 4.69) is 20.6 Å². The molecule has 0 radical (unpaired) electrons. The molecular weight excluding hydrogens is 392 g/mol. The van der Waals surface area contributed by atoms with Crippen molar-refractivity contribution in [1.29, 1.82) is 0 Å². The highest BCUT2D eigenvalue weighted by atomic mass is 32.2. The summed E-state index contributed by atoms with van der Waals surface area (Å²) in [4.78, 5) is 21.9. The fourth-order valence-electron chi connectivity index (χ4n) is 2.30. The summed E-state index contributed by atoms with van der Waals surface area (Å²) in [6, 6.07) is 6.67. The number of halogens is 2. The summed E-state index contributed by atoms with van der Waals surface area (Å²) in [7, 11) is -1.19. The number of benzene rings is 1. The number of aryl methyl sites for hydroxylation is 1. The smallest absolute Gasteiger partial charge is 0.341 e. The van der Waals surface area contributed by atoms with Gasteiger partial charge in [0.1, 0.15) is 5.82 Å². The van der Waals surface area contributed by atoms with Crippen molar-refractivity contribution in [2.45, 2.75) is 17.6 Å². The third-order valence-electron chi connectivity index (χ3n) is 3.67.